The molecule has 7 nitrogen and oxygen atoms in total. The number of hydrogen-bond donors (Lipinski definition) is 1. The predicted molar refractivity (Wildman–Crippen MR) is 142 cm³/mol. The lowest BCUT2D eigenvalue weighted by Gasteiger charge is -2.38. The number of carbonyl (C=O) groups is 2. The van der Waals surface area contributed by atoms with Crippen LogP contribution in [0.25, 0.3) is 0 Å². The quantitative estimate of drug-likeness (QED) is 0.506. The third kappa shape index (κ3) is 7.06. The molecule has 0 aromatic carbocycles. The monoisotopic (exact) mass is 519 g/mol. The zero-order valence-electron chi connectivity index (χ0n) is 23.3. The molecule has 0 aromatic heterocycles. The zero-order valence-corrected chi connectivity index (χ0v) is 23.3. The summed E-state index contributed by atoms with van der Waals surface area (Å²) in [7, 11) is 0. The molecule has 37 heavy (non-hydrogen) atoms. The summed E-state index contributed by atoms with van der Waals surface area (Å²) < 4.78 is 25.6. The summed E-state index contributed by atoms with van der Waals surface area (Å²) in [5, 5.41) is 2.97. The molecule has 5 atom stereocenters. The Labute approximate surface area is 221 Å². The molecular formula is C29H46FN3O4. The van der Waals surface area contributed by atoms with Crippen LogP contribution in [0.1, 0.15) is 86.0 Å². The van der Waals surface area contributed by atoms with E-state index in [0.717, 1.165) is 30.5 Å². The number of ether oxygens (including phenoxy) is 2. The molecular weight excluding hydrogens is 473 g/mol. The second-order valence-corrected chi connectivity index (χ2v) is 12.3. The number of alkyl carbamates (subject to hydrolysis) is 1. The van der Waals surface area contributed by atoms with Crippen molar-refractivity contribution in [2.75, 3.05) is 19.6 Å². The molecule has 0 radical (unpaired) electrons. The Bertz CT molecular complexity index is 888. The molecule has 8 heteroatoms. The number of alkyl halides is 1. The highest BCUT2D eigenvalue weighted by Crippen LogP contribution is 2.42. The van der Waals surface area contributed by atoms with Gasteiger partial charge in [0.2, 0.25) is 0 Å². The highest BCUT2D eigenvalue weighted by atomic mass is 19.1. The van der Waals surface area contributed by atoms with Crippen LogP contribution in [-0.4, -0.2) is 77.5 Å². The molecule has 2 heterocycles. The molecule has 1 saturated heterocycles. The number of morpholine rings is 1. The fraction of sp³-hybridized carbons (Fsp3) is 0.793. The number of halogens is 1. The number of amides is 2. The van der Waals surface area contributed by atoms with E-state index in [-0.39, 0.29) is 29.7 Å². The second-order valence-electron chi connectivity index (χ2n) is 12.3. The van der Waals surface area contributed by atoms with Crippen molar-refractivity contribution < 1.29 is 23.5 Å². The minimum absolute atomic E-state index is 0.0404. The number of carbonyl (C=O) groups excluding carboxylic acids is 2. The number of nitrogens with zero attached hydrogens (tertiary/aromatic N) is 2. The Hall–Kier alpha value is -2.09. The van der Waals surface area contributed by atoms with E-state index in [9.17, 15) is 14.0 Å². The summed E-state index contributed by atoms with van der Waals surface area (Å²) in [4.78, 5) is 30.7. The second kappa shape index (κ2) is 11.7. The van der Waals surface area contributed by atoms with Crippen LogP contribution in [-0.2, 0) is 14.3 Å². The number of hydrogen-bond acceptors (Lipinski definition) is 5. The van der Waals surface area contributed by atoms with Gasteiger partial charge >= 0.3 is 6.09 Å². The first-order valence-electron chi connectivity index (χ1n) is 14.2. The van der Waals surface area contributed by atoms with Crippen molar-refractivity contribution in [2.45, 2.75) is 122 Å². The van der Waals surface area contributed by atoms with E-state index in [4.69, 9.17) is 9.47 Å². The zero-order chi connectivity index (χ0) is 26.7. The van der Waals surface area contributed by atoms with Gasteiger partial charge in [-0.1, -0.05) is 32.1 Å². The van der Waals surface area contributed by atoms with Gasteiger partial charge in [-0.15, -0.1) is 0 Å². The van der Waals surface area contributed by atoms with Crippen molar-refractivity contribution >= 4 is 12.0 Å². The molecule has 0 spiro atoms. The standard InChI is InChI=1S/C29H46FN3O4/c1-19(16-33-25-12-11-24(30)14-23(25)15-29(33,4)5)31-28(35)37-26(13-22-9-7-6-8-10-22)27(34)32-17-20(2)36-21(3)18-32/h11-12,19-22,24,26H,6-10,13-18H2,1-5H3,(H,31,35)/t19-,20-,21+,24?,26-/m0/s1. The van der Waals surface area contributed by atoms with Crippen molar-refractivity contribution in [1.29, 1.82) is 0 Å². The first-order chi connectivity index (χ1) is 17.5. The van der Waals surface area contributed by atoms with E-state index in [0.29, 0.717) is 38.4 Å². The molecule has 0 aromatic rings. The van der Waals surface area contributed by atoms with E-state index in [1.165, 1.54) is 19.3 Å². The minimum atomic E-state index is -0.920. The summed E-state index contributed by atoms with van der Waals surface area (Å²) in [6, 6.07) is -0.205. The molecule has 1 unspecified atom stereocenters. The number of allylic oxidation sites excluding steroid dienone is 2. The Balaban J connectivity index is 1.38. The molecule has 4 aliphatic rings. The van der Waals surface area contributed by atoms with E-state index >= 15 is 0 Å². The predicted octanol–water partition coefficient (Wildman–Crippen LogP) is 5.11. The van der Waals surface area contributed by atoms with E-state index in [1.807, 2.05) is 26.8 Å². The van der Waals surface area contributed by atoms with Gasteiger partial charge in [0.05, 0.1) is 12.2 Å². The van der Waals surface area contributed by atoms with E-state index in [2.05, 4.69) is 24.1 Å². The maximum absolute atomic E-state index is 13.9. The van der Waals surface area contributed by atoms with Crippen LogP contribution < -0.4 is 5.32 Å². The van der Waals surface area contributed by atoms with Gasteiger partial charge in [-0.3, -0.25) is 4.79 Å². The Morgan fingerprint density at radius 1 is 1.19 bits per heavy atom. The molecule has 2 aliphatic carbocycles. The fourth-order valence-electron chi connectivity index (χ4n) is 6.62. The summed E-state index contributed by atoms with van der Waals surface area (Å²) in [5.41, 5.74) is 2.06. The Morgan fingerprint density at radius 2 is 1.86 bits per heavy atom. The largest absolute Gasteiger partial charge is 0.436 e. The highest BCUT2D eigenvalue weighted by molar-refractivity contribution is 5.83. The lowest BCUT2D eigenvalue weighted by atomic mass is 9.85. The molecule has 4 rings (SSSR count). The molecule has 1 N–H and O–H groups in total. The van der Waals surface area contributed by atoms with Crippen LogP contribution >= 0.6 is 0 Å². The summed E-state index contributed by atoms with van der Waals surface area (Å²) in [5.74, 6) is 0.288. The fourth-order valence-corrected chi connectivity index (χ4v) is 6.62. The summed E-state index contributed by atoms with van der Waals surface area (Å²) >= 11 is 0. The third-order valence-corrected chi connectivity index (χ3v) is 8.28. The number of rotatable bonds is 7. The van der Waals surface area contributed by atoms with Crippen molar-refractivity contribution in [1.82, 2.24) is 15.1 Å². The lowest BCUT2D eigenvalue weighted by molar-refractivity contribution is -0.153. The van der Waals surface area contributed by atoms with Crippen molar-refractivity contribution in [2.24, 2.45) is 5.92 Å². The minimum Gasteiger partial charge on any atom is -0.436 e. The maximum atomic E-state index is 13.9. The van der Waals surface area contributed by atoms with Crippen molar-refractivity contribution in [3.63, 3.8) is 0 Å². The van der Waals surface area contributed by atoms with E-state index < -0.39 is 18.4 Å². The highest BCUT2D eigenvalue weighted by Gasteiger charge is 2.40. The van der Waals surface area contributed by atoms with Gasteiger partial charge in [0.25, 0.3) is 5.91 Å². The van der Waals surface area contributed by atoms with Crippen LogP contribution in [0.15, 0.2) is 23.4 Å². The first-order valence-corrected chi connectivity index (χ1v) is 14.2. The molecule has 1 saturated carbocycles. The summed E-state index contributed by atoms with van der Waals surface area (Å²) in [6.07, 6.45) is 8.73. The van der Waals surface area contributed by atoms with Gasteiger partial charge < -0.3 is 24.6 Å². The SMILES string of the molecule is C[C@@H]1CN(C(=O)[C@H](CC2CCCCC2)OC(=O)N[C@@H](C)CN2C3=C(CC(F)C=C3)CC2(C)C)C[C@H](C)O1. The average molecular weight is 520 g/mol. The molecule has 2 amide bonds. The van der Waals surface area contributed by atoms with Gasteiger partial charge in [-0.05, 0) is 71.1 Å². The molecule has 0 bridgehead atoms. The van der Waals surface area contributed by atoms with Crippen molar-refractivity contribution in [3.8, 4) is 0 Å². The van der Waals surface area contributed by atoms with Crippen LogP contribution in [0.4, 0.5) is 9.18 Å². The summed E-state index contributed by atoms with van der Waals surface area (Å²) in [6.45, 7) is 11.8. The van der Waals surface area contributed by atoms with Crippen LogP contribution in [0.3, 0.4) is 0 Å². The molecule has 2 aliphatic heterocycles. The van der Waals surface area contributed by atoms with Gasteiger partial charge in [-0.2, -0.15) is 0 Å². The van der Waals surface area contributed by atoms with Gasteiger partial charge in [-0.25, -0.2) is 9.18 Å². The van der Waals surface area contributed by atoms with Gasteiger partial charge in [0.15, 0.2) is 6.10 Å². The van der Waals surface area contributed by atoms with Crippen LogP contribution in [0.5, 0.6) is 0 Å². The Kier molecular flexibility index (Phi) is 8.87. The van der Waals surface area contributed by atoms with Gasteiger partial charge in [0, 0.05) is 43.3 Å². The Morgan fingerprint density at radius 3 is 2.54 bits per heavy atom. The molecule has 2 fully saturated rings. The average Bonchev–Trinajstić information content (AvgIpc) is 3.06. The van der Waals surface area contributed by atoms with Gasteiger partial charge in [0.1, 0.15) is 6.17 Å². The first kappa shape index (κ1) is 27.9. The normalized spacial score (nSPS) is 29.6. The third-order valence-electron chi connectivity index (χ3n) is 8.28. The maximum Gasteiger partial charge on any atom is 0.408 e. The van der Waals surface area contributed by atoms with Crippen LogP contribution in [0, 0.1) is 5.92 Å². The number of nitrogens with one attached hydrogen (secondary N) is 1. The smallest absolute Gasteiger partial charge is 0.408 e. The lowest BCUT2D eigenvalue weighted by Crippen LogP contribution is -2.53. The van der Waals surface area contributed by atoms with E-state index in [1.54, 1.807) is 11.0 Å². The molecule has 208 valence electrons. The van der Waals surface area contributed by atoms with Crippen LogP contribution in [0.2, 0.25) is 0 Å². The van der Waals surface area contributed by atoms with Crippen molar-refractivity contribution in [3.05, 3.63) is 23.4 Å². The topological polar surface area (TPSA) is 71.1 Å².